The van der Waals surface area contributed by atoms with E-state index in [1.165, 1.54) is 0 Å². The summed E-state index contributed by atoms with van der Waals surface area (Å²) in [5.74, 6) is 0.341. The number of anilines is 1. The first-order valence-corrected chi connectivity index (χ1v) is 6.30. The summed E-state index contributed by atoms with van der Waals surface area (Å²) in [7, 11) is 5.61. The lowest BCUT2D eigenvalue weighted by molar-refractivity contribution is 0.196. The largest absolute Gasteiger partial charge is 0.508 e. The summed E-state index contributed by atoms with van der Waals surface area (Å²) in [6.07, 6.45) is 0.975. The van der Waals surface area contributed by atoms with Crippen LogP contribution >= 0.6 is 0 Å². The number of rotatable bonds is 7. The number of hydrogen-bond acceptors (Lipinski definition) is 4. The molecule has 0 aromatic heterocycles. The predicted octanol–water partition coefficient (Wildman–Crippen LogP) is 2.15. The number of methoxy groups -OCH3 is 1. The number of nitrogens with zero attached hydrogens (tertiary/aromatic N) is 1. The highest BCUT2D eigenvalue weighted by molar-refractivity contribution is 5.53. The normalized spacial score (nSPS) is 12.4. The van der Waals surface area contributed by atoms with E-state index in [4.69, 9.17) is 4.74 Å². The lowest BCUT2D eigenvalue weighted by Crippen LogP contribution is -2.20. The Morgan fingerprint density at radius 2 is 2.17 bits per heavy atom. The van der Waals surface area contributed by atoms with E-state index < -0.39 is 0 Å². The molecular weight excluding hydrogens is 228 g/mol. The Bertz CT molecular complexity index is 369. The van der Waals surface area contributed by atoms with Crippen LogP contribution in [0.5, 0.6) is 5.75 Å². The molecule has 0 spiro atoms. The van der Waals surface area contributed by atoms with Gasteiger partial charge in [-0.25, -0.2) is 0 Å². The molecule has 1 atom stereocenters. The molecule has 0 saturated carbocycles. The minimum absolute atomic E-state index is 0.151. The Kier molecular flexibility index (Phi) is 5.95. The Labute approximate surface area is 110 Å². The van der Waals surface area contributed by atoms with Crippen molar-refractivity contribution in [2.24, 2.45) is 0 Å². The molecule has 0 aliphatic rings. The molecule has 1 rings (SSSR count). The second kappa shape index (κ2) is 7.24. The van der Waals surface area contributed by atoms with E-state index in [1.54, 1.807) is 7.11 Å². The van der Waals surface area contributed by atoms with Crippen LogP contribution in [0, 0.1) is 0 Å². The molecular formula is C14H24N2O2. The van der Waals surface area contributed by atoms with Crippen molar-refractivity contribution in [2.45, 2.75) is 19.4 Å². The van der Waals surface area contributed by atoms with Crippen molar-refractivity contribution < 1.29 is 9.84 Å². The maximum atomic E-state index is 10.0. The summed E-state index contributed by atoms with van der Waals surface area (Å²) in [4.78, 5) is 2.12. The summed E-state index contributed by atoms with van der Waals surface area (Å²) < 4.78 is 5.03. The highest BCUT2D eigenvalue weighted by atomic mass is 16.5. The Morgan fingerprint density at radius 1 is 1.44 bits per heavy atom. The predicted molar refractivity (Wildman–Crippen MR) is 75.3 cm³/mol. The SMILES string of the molecule is CNC(C)c1ccc(N(C)CCCOC)cc1O. The third kappa shape index (κ3) is 3.89. The van der Waals surface area contributed by atoms with Crippen LogP contribution in [0.3, 0.4) is 0 Å². The molecule has 0 saturated heterocycles. The van der Waals surface area contributed by atoms with Crippen molar-refractivity contribution in [3.05, 3.63) is 23.8 Å². The van der Waals surface area contributed by atoms with Gasteiger partial charge in [-0.2, -0.15) is 0 Å². The molecule has 0 bridgehead atoms. The van der Waals surface area contributed by atoms with Gasteiger partial charge in [0.15, 0.2) is 0 Å². The van der Waals surface area contributed by atoms with E-state index >= 15 is 0 Å². The fourth-order valence-corrected chi connectivity index (χ4v) is 1.87. The number of phenols is 1. The second-order valence-corrected chi connectivity index (χ2v) is 4.52. The summed E-state index contributed by atoms with van der Waals surface area (Å²) in [6, 6.07) is 5.97. The summed E-state index contributed by atoms with van der Waals surface area (Å²) in [5, 5.41) is 13.1. The molecule has 18 heavy (non-hydrogen) atoms. The van der Waals surface area contributed by atoms with Crippen molar-refractivity contribution in [1.82, 2.24) is 5.32 Å². The van der Waals surface area contributed by atoms with Crippen molar-refractivity contribution in [3.63, 3.8) is 0 Å². The average Bonchev–Trinajstić information content (AvgIpc) is 2.38. The molecule has 102 valence electrons. The quantitative estimate of drug-likeness (QED) is 0.730. The molecule has 0 aliphatic heterocycles. The molecule has 0 radical (unpaired) electrons. The molecule has 0 fully saturated rings. The first-order valence-electron chi connectivity index (χ1n) is 6.30. The van der Waals surface area contributed by atoms with E-state index in [0.29, 0.717) is 5.75 Å². The third-order valence-electron chi connectivity index (χ3n) is 3.20. The van der Waals surface area contributed by atoms with Crippen LogP contribution < -0.4 is 10.2 Å². The number of nitrogens with one attached hydrogen (secondary N) is 1. The van der Waals surface area contributed by atoms with Gasteiger partial charge in [0, 0.05) is 50.7 Å². The van der Waals surface area contributed by atoms with Crippen LogP contribution in [0.2, 0.25) is 0 Å². The van der Waals surface area contributed by atoms with Crippen LogP contribution in [-0.4, -0.2) is 39.5 Å². The van der Waals surface area contributed by atoms with Crippen molar-refractivity contribution in [1.29, 1.82) is 0 Å². The van der Waals surface area contributed by atoms with Gasteiger partial charge in [-0.1, -0.05) is 6.07 Å². The summed E-state index contributed by atoms with van der Waals surface area (Å²) >= 11 is 0. The first-order chi connectivity index (χ1) is 8.60. The maximum absolute atomic E-state index is 10.0. The highest BCUT2D eigenvalue weighted by Crippen LogP contribution is 2.28. The zero-order valence-electron chi connectivity index (χ0n) is 11.7. The number of phenolic OH excluding ortho intramolecular Hbond substituents is 1. The van der Waals surface area contributed by atoms with E-state index in [2.05, 4.69) is 10.2 Å². The third-order valence-corrected chi connectivity index (χ3v) is 3.20. The van der Waals surface area contributed by atoms with Crippen molar-refractivity contribution in [2.75, 3.05) is 39.3 Å². The van der Waals surface area contributed by atoms with Crippen molar-refractivity contribution in [3.8, 4) is 5.75 Å². The summed E-state index contributed by atoms with van der Waals surface area (Å²) in [6.45, 7) is 3.69. The van der Waals surface area contributed by atoms with E-state index in [9.17, 15) is 5.11 Å². The van der Waals surface area contributed by atoms with Gasteiger partial charge < -0.3 is 20.1 Å². The van der Waals surface area contributed by atoms with E-state index in [-0.39, 0.29) is 6.04 Å². The lowest BCUT2D eigenvalue weighted by atomic mass is 10.1. The zero-order valence-corrected chi connectivity index (χ0v) is 11.7. The monoisotopic (exact) mass is 252 g/mol. The van der Waals surface area contributed by atoms with E-state index in [0.717, 1.165) is 30.8 Å². The van der Waals surface area contributed by atoms with Crippen LogP contribution in [0.4, 0.5) is 5.69 Å². The molecule has 2 N–H and O–H groups in total. The molecule has 1 unspecified atom stereocenters. The molecule has 0 aliphatic carbocycles. The zero-order chi connectivity index (χ0) is 13.5. The van der Waals surface area contributed by atoms with Gasteiger partial charge >= 0.3 is 0 Å². The van der Waals surface area contributed by atoms with Crippen LogP contribution in [0.1, 0.15) is 24.9 Å². The fraction of sp³-hybridized carbons (Fsp3) is 0.571. The Morgan fingerprint density at radius 3 is 2.72 bits per heavy atom. The van der Waals surface area contributed by atoms with Gasteiger partial charge in [-0.3, -0.25) is 0 Å². The Hall–Kier alpha value is -1.26. The number of ether oxygens (including phenoxy) is 1. The first kappa shape index (κ1) is 14.8. The molecule has 1 aromatic rings. The number of benzene rings is 1. The minimum atomic E-state index is 0.151. The second-order valence-electron chi connectivity index (χ2n) is 4.52. The van der Waals surface area contributed by atoms with Gasteiger partial charge in [0.1, 0.15) is 5.75 Å². The molecule has 0 heterocycles. The summed E-state index contributed by atoms with van der Waals surface area (Å²) in [5.41, 5.74) is 1.95. The van der Waals surface area contributed by atoms with Crippen LogP contribution in [-0.2, 0) is 4.74 Å². The fourth-order valence-electron chi connectivity index (χ4n) is 1.87. The topological polar surface area (TPSA) is 44.7 Å². The average molecular weight is 252 g/mol. The molecule has 4 nitrogen and oxygen atoms in total. The van der Waals surface area contributed by atoms with Crippen LogP contribution in [0.25, 0.3) is 0 Å². The minimum Gasteiger partial charge on any atom is -0.508 e. The molecule has 4 heteroatoms. The smallest absolute Gasteiger partial charge is 0.122 e. The van der Waals surface area contributed by atoms with Gasteiger partial charge in [-0.15, -0.1) is 0 Å². The Balaban J connectivity index is 2.71. The van der Waals surface area contributed by atoms with Gasteiger partial charge in [0.25, 0.3) is 0 Å². The lowest BCUT2D eigenvalue weighted by Gasteiger charge is -2.21. The molecule has 1 aromatic carbocycles. The van der Waals surface area contributed by atoms with E-state index in [1.807, 2.05) is 39.2 Å². The van der Waals surface area contributed by atoms with Gasteiger partial charge in [0.05, 0.1) is 0 Å². The number of aromatic hydroxyl groups is 1. The van der Waals surface area contributed by atoms with Gasteiger partial charge in [-0.05, 0) is 26.5 Å². The maximum Gasteiger partial charge on any atom is 0.122 e. The molecule has 0 amide bonds. The number of hydrogen-bond donors (Lipinski definition) is 2. The standard InChI is InChI=1S/C14H24N2O2/c1-11(15-2)13-7-6-12(10-14(13)17)16(3)8-5-9-18-4/h6-7,10-11,15,17H,5,8-9H2,1-4H3. The van der Waals surface area contributed by atoms with Crippen LogP contribution in [0.15, 0.2) is 18.2 Å². The van der Waals surface area contributed by atoms with Gasteiger partial charge in [0.2, 0.25) is 0 Å². The highest BCUT2D eigenvalue weighted by Gasteiger charge is 2.10. The van der Waals surface area contributed by atoms with Crippen molar-refractivity contribution >= 4 is 5.69 Å².